The summed E-state index contributed by atoms with van der Waals surface area (Å²) in [6.07, 6.45) is 3.33. The highest BCUT2D eigenvalue weighted by Crippen LogP contribution is 2.18. The molecule has 2 heterocycles. The van der Waals surface area contributed by atoms with Gasteiger partial charge in [-0.15, -0.1) is 0 Å². The largest absolute Gasteiger partial charge is 0.384 e. The quantitative estimate of drug-likeness (QED) is 0.597. The number of hydrogen-bond acceptors (Lipinski definition) is 4. The van der Waals surface area contributed by atoms with Gasteiger partial charge in [0.1, 0.15) is 11.6 Å². The molecule has 0 aromatic carbocycles. The molecule has 2 rings (SSSR count). The second-order valence-corrected chi connectivity index (χ2v) is 2.53. The molecule has 0 aliphatic rings. The van der Waals surface area contributed by atoms with Gasteiger partial charge in [-0.2, -0.15) is 0 Å². The van der Waals surface area contributed by atoms with Gasteiger partial charge in [-0.3, -0.25) is 0 Å². The third kappa shape index (κ3) is 0.934. The number of anilines is 2. The van der Waals surface area contributed by atoms with Gasteiger partial charge in [-0.05, 0) is 12.1 Å². The third-order valence-electron chi connectivity index (χ3n) is 1.70. The normalized spacial score (nSPS) is 10.3. The Morgan fingerprint density at radius 1 is 1.17 bits per heavy atom. The summed E-state index contributed by atoms with van der Waals surface area (Å²) in [5, 5.41) is 1.81. The minimum atomic E-state index is 0.460. The van der Waals surface area contributed by atoms with E-state index in [1.165, 1.54) is 0 Å². The maximum Gasteiger partial charge on any atom is 0.131 e. The van der Waals surface area contributed by atoms with Crippen LogP contribution in [-0.2, 0) is 0 Å². The standard InChI is InChI=1S/C8H8N4/c9-7-3-6-5(4-12-7)1-2-11-8(6)10/h1-4H,(H2,9,12)(H2,10,11). The van der Waals surface area contributed by atoms with Crippen molar-refractivity contribution < 1.29 is 0 Å². The zero-order valence-corrected chi connectivity index (χ0v) is 6.36. The zero-order chi connectivity index (χ0) is 8.55. The van der Waals surface area contributed by atoms with Crippen LogP contribution in [0.25, 0.3) is 10.8 Å². The predicted octanol–water partition coefficient (Wildman–Crippen LogP) is 0.794. The molecular weight excluding hydrogens is 152 g/mol. The molecule has 0 fully saturated rings. The number of nitrogens with zero attached hydrogens (tertiary/aromatic N) is 2. The van der Waals surface area contributed by atoms with Crippen molar-refractivity contribution in [2.45, 2.75) is 0 Å². The van der Waals surface area contributed by atoms with Crippen molar-refractivity contribution in [1.82, 2.24) is 9.97 Å². The molecule has 0 aliphatic heterocycles. The van der Waals surface area contributed by atoms with Crippen molar-refractivity contribution in [1.29, 1.82) is 0 Å². The van der Waals surface area contributed by atoms with Crippen LogP contribution in [0.5, 0.6) is 0 Å². The zero-order valence-electron chi connectivity index (χ0n) is 6.36. The summed E-state index contributed by atoms with van der Waals surface area (Å²) >= 11 is 0. The minimum absolute atomic E-state index is 0.460. The fraction of sp³-hybridized carbons (Fsp3) is 0. The number of aromatic nitrogens is 2. The number of fused-ring (bicyclic) bond motifs is 1. The fourth-order valence-electron chi connectivity index (χ4n) is 1.10. The minimum Gasteiger partial charge on any atom is -0.384 e. The van der Waals surface area contributed by atoms with Gasteiger partial charge in [0.05, 0.1) is 0 Å². The highest BCUT2D eigenvalue weighted by Gasteiger charge is 1.98. The lowest BCUT2D eigenvalue weighted by atomic mass is 10.2. The first-order valence-electron chi connectivity index (χ1n) is 3.53. The van der Waals surface area contributed by atoms with Crippen molar-refractivity contribution in [2.75, 3.05) is 11.5 Å². The molecule has 2 aromatic heterocycles. The van der Waals surface area contributed by atoms with E-state index in [1.807, 2.05) is 6.07 Å². The number of nitrogen functional groups attached to an aromatic ring is 2. The van der Waals surface area contributed by atoms with Crippen LogP contribution in [0.2, 0.25) is 0 Å². The van der Waals surface area contributed by atoms with E-state index in [9.17, 15) is 0 Å². The van der Waals surface area contributed by atoms with E-state index in [-0.39, 0.29) is 0 Å². The molecule has 0 bridgehead atoms. The predicted molar refractivity (Wildman–Crippen MR) is 48.4 cm³/mol. The molecule has 4 N–H and O–H groups in total. The number of pyridine rings is 2. The van der Waals surface area contributed by atoms with E-state index >= 15 is 0 Å². The van der Waals surface area contributed by atoms with Crippen LogP contribution in [0.3, 0.4) is 0 Å². The first-order valence-corrected chi connectivity index (χ1v) is 3.53. The van der Waals surface area contributed by atoms with Gasteiger partial charge >= 0.3 is 0 Å². The number of hydrogen-bond donors (Lipinski definition) is 2. The average molecular weight is 160 g/mol. The van der Waals surface area contributed by atoms with Crippen LogP contribution >= 0.6 is 0 Å². The molecule has 12 heavy (non-hydrogen) atoms. The lowest BCUT2D eigenvalue weighted by Gasteiger charge is -2.00. The molecule has 0 amide bonds. The summed E-state index contributed by atoms with van der Waals surface area (Å²) < 4.78 is 0. The van der Waals surface area contributed by atoms with Gasteiger partial charge in [-0.1, -0.05) is 0 Å². The summed E-state index contributed by atoms with van der Waals surface area (Å²) in [6.45, 7) is 0. The molecule has 0 unspecified atom stereocenters. The van der Waals surface area contributed by atoms with Crippen LogP contribution in [0, 0.1) is 0 Å². The van der Waals surface area contributed by atoms with Crippen molar-refractivity contribution in [3.05, 3.63) is 24.5 Å². The van der Waals surface area contributed by atoms with Gasteiger partial charge in [0.2, 0.25) is 0 Å². The molecular formula is C8H8N4. The number of rotatable bonds is 0. The Bertz CT molecular complexity index is 424. The summed E-state index contributed by atoms with van der Waals surface area (Å²) in [5.41, 5.74) is 11.1. The average Bonchev–Trinajstić information content (AvgIpc) is 2.07. The lowest BCUT2D eigenvalue weighted by Crippen LogP contribution is -1.94. The van der Waals surface area contributed by atoms with Crippen LogP contribution < -0.4 is 11.5 Å². The topological polar surface area (TPSA) is 77.8 Å². The Balaban J connectivity index is 2.88. The van der Waals surface area contributed by atoms with Crippen LogP contribution in [0.4, 0.5) is 11.6 Å². The SMILES string of the molecule is Nc1cc2c(N)nccc2cn1. The third-order valence-corrected chi connectivity index (χ3v) is 1.70. The maximum atomic E-state index is 5.63. The highest BCUT2D eigenvalue weighted by molar-refractivity contribution is 5.91. The lowest BCUT2D eigenvalue weighted by molar-refractivity contribution is 1.33. The highest BCUT2D eigenvalue weighted by atomic mass is 14.8. The summed E-state index contributed by atoms with van der Waals surface area (Å²) in [6, 6.07) is 3.57. The van der Waals surface area contributed by atoms with Crippen molar-refractivity contribution in [3.63, 3.8) is 0 Å². The van der Waals surface area contributed by atoms with Crippen LogP contribution in [-0.4, -0.2) is 9.97 Å². The van der Waals surface area contributed by atoms with Crippen molar-refractivity contribution >= 4 is 22.4 Å². The van der Waals surface area contributed by atoms with E-state index in [0.717, 1.165) is 10.8 Å². The molecule has 0 spiro atoms. The molecule has 0 aliphatic carbocycles. The first kappa shape index (κ1) is 6.84. The van der Waals surface area contributed by atoms with E-state index in [4.69, 9.17) is 11.5 Å². The molecule has 2 aromatic rings. The van der Waals surface area contributed by atoms with Gasteiger partial charge < -0.3 is 11.5 Å². The van der Waals surface area contributed by atoms with E-state index in [2.05, 4.69) is 9.97 Å². The van der Waals surface area contributed by atoms with Gasteiger partial charge in [-0.25, -0.2) is 9.97 Å². The van der Waals surface area contributed by atoms with E-state index < -0.39 is 0 Å². The number of nitrogens with two attached hydrogens (primary N) is 2. The smallest absolute Gasteiger partial charge is 0.131 e. The van der Waals surface area contributed by atoms with E-state index in [0.29, 0.717) is 11.6 Å². The van der Waals surface area contributed by atoms with Gasteiger partial charge in [0, 0.05) is 23.2 Å². The second kappa shape index (κ2) is 2.34. The van der Waals surface area contributed by atoms with Crippen LogP contribution in [0.15, 0.2) is 24.5 Å². The molecule has 0 atom stereocenters. The maximum absolute atomic E-state index is 5.63. The Kier molecular flexibility index (Phi) is 1.33. The monoisotopic (exact) mass is 160 g/mol. The Morgan fingerprint density at radius 2 is 2.00 bits per heavy atom. The molecule has 4 nitrogen and oxygen atoms in total. The van der Waals surface area contributed by atoms with E-state index in [1.54, 1.807) is 18.5 Å². The second-order valence-electron chi connectivity index (χ2n) is 2.53. The van der Waals surface area contributed by atoms with Crippen molar-refractivity contribution in [3.8, 4) is 0 Å². The Hall–Kier alpha value is -1.84. The summed E-state index contributed by atoms with van der Waals surface area (Å²) in [7, 11) is 0. The molecule has 0 saturated carbocycles. The Labute approximate surface area is 69.2 Å². The molecule has 0 radical (unpaired) electrons. The molecule has 60 valence electrons. The summed E-state index contributed by atoms with van der Waals surface area (Å²) in [5.74, 6) is 0.948. The first-order chi connectivity index (χ1) is 5.77. The van der Waals surface area contributed by atoms with Crippen molar-refractivity contribution in [2.24, 2.45) is 0 Å². The molecule has 4 heteroatoms. The summed E-state index contributed by atoms with van der Waals surface area (Å²) in [4.78, 5) is 7.89. The van der Waals surface area contributed by atoms with Crippen LogP contribution in [0.1, 0.15) is 0 Å². The Morgan fingerprint density at radius 3 is 2.83 bits per heavy atom. The van der Waals surface area contributed by atoms with Gasteiger partial charge in [0.15, 0.2) is 0 Å². The van der Waals surface area contributed by atoms with Gasteiger partial charge in [0.25, 0.3) is 0 Å². The molecule has 0 saturated heterocycles. The fourth-order valence-corrected chi connectivity index (χ4v) is 1.10.